The highest BCUT2D eigenvalue weighted by Crippen LogP contribution is 2.07. The van der Waals surface area contributed by atoms with E-state index in [-0.39, 0.29) is 17.4 Å². The molecule has 11 heavy (non-hydrogen) atoms. The number of nitrogens with one attached hydrogen (secondary N) is 1. The molecule has 6 heteroatoms. The number of nitrogens with two attached hydrogens (primary N) is 1. The first-order valence-electron chi connectivity index (χ1n) is 4.13. The SMILES string of the molecule is BC(B)(B)OC1CNCC1N. The van der Waals surface area contributed by atoms with E-state index in [4.69, 9.17) is 10.5 Å². The van der Waals surface area contributed by atoms with Crippen molar-refractivity contribution in [1.82, 2.24) is 5.32 Å². The van der Waals surface area contributed by atoms with Crippen LogP contribution >= 0.6 is 0 Å². The quantitative estimate of drug-likeness (QED) is 0.394. The van der Waals surface area contributed by atoms with E-state index in [1.54, 1.807) is 0 Å². The van der Waals surface area contributed by atoms with Crippen molar-refractivity contribution < 1.29 is 4.74 Å². The van der Waals surface area contributed by atoms with E-state index < -0.39 is 0 Å². The lowest BCUT2D eigenvalue weighted by Crippen LogP contribution is -2.45. The van der Waals surface area contributed by atoms with Crippen molar-refractivity contribution in [2.24, 2.45) is 5.73 Å². The van der Waals surface area contributed by atoms with Crippen LogP contribution in [0.15, 0.2) is 0 Å². The summed E-state index contributed by atoms with van der Waals surface area (Å²) in [5.74, 6) is 0. The number of ether oxygens (including phenoxy) is 1. The Hall–Kier alpha value is 0.0748. The van der Waals surface area contributed by atoms with E-state index in [2.05, 4.69) is 28.9 Å². The van der Waals surface area contributed by atoms with Gasteiger partial charge in [-0.3, -0.25) is 0 Å². The van der Waals surface area contributed by atoms with Gasteiger partial charge in [0.25, 0.3) is 0 Å². The monoisotopic (exact) mass is 152 g/mol. The molecule has 1 aliphatic heterocycles. The minimum Gasteiger partial charge on any atom is -0.395 e. The first kappa shape index (κ1) is 9.17. The molecule has 60 valence electrons. The van der Waals surface area contributed by atoms with Crippen LogP contribution in [0.25, 0.3) is 0 Å². The lowest BCUT2D eigenvalue weighted by atomic mass is 9.52. The van der Waals surface area contributed by atoms with Crippen molar-refractivity contribution in [1.29, 1.82) is 0 Å². The van der Waals surface area contributed by atoms with Crippen molar-refractivity contribution in [3.8, 4) is 0 Å². The molecular weight excluding hydrogens is 137 g/mol. The normalized spacial score (nSPS) is 32.5. The molecule has 1 rings (SSSR count). The van der Waals surface area contributed by atoms with Crippen molar-refractivity contribution in [3.05, 3.63) is 0 Å². The van der Waals surface area contributed by atoms with Crippen LogP contribution < -0.4 is 11.1 Å². The van der Waals surface area contributed by atoms with Gasteiger partial charge < -0.3 is 15.8 Å². The lowest BCUT2D eigenvalue weighted by molar-refractivity contribution is 0.0508. The minimum absolute atomic E-state index is 0.0751. The van der Waals surface area contributed by atoms with Crippen LogP contribution in [0.4, 0.5) is 0 Å². The summed E-state index contributed by atoms with van der Waals surface area (Å²) in [4.78, 5) is 0. The van der Waals surface area contributed by atoms with Gasteiger partial charge in [-0.25, -0.2) is 0 Å². The topological polar surface area (TPSA) is 47.3 Å². The maximum atomic E-state index is 5.80. The molecule has 2 atom stereocenters. The highest BCUT2D eigenvalue weighted by atomic mass is 16.5. The Morgan fingerprint density at radius 1 is 1.36 bits per heavy atom. The smallest absolute Gasteiger partial charge is 0.121 e. The van der Waals surface area contributed by atoms with Crippen molar-refractivity contribution in [3.63, 3.8) is 0 Å². The molecule has 0 aromatic heterocycles. The molecule has 1 fully saturated rings. The summed E-state index contributed by atoms with van der Waals surface area (Å²) < 4.78 is 5.72. The van der Waals surface area contributed by atoms with Gasteiger partial charge in [-0.05, 0) is 5.30 Å². The van der Waals surface area contributed by atoms with Crippen molar-refractivity contribution in [2.45, 2.75) is 17.4 Å². The Kier molecular flexibility index (Phi) is 2.68. The summed E-state index contributed by atoms with van der Waals surface area (Å²) in [5.41, 5.74) is 5.80. The van der Waals surface area contributed by atoms with E-state index in [1.807, 2.05) is 0 Å². The summed E-state index contributed by atoms with van der Waals surface area (Å²) >= 11 is 0. The van der Waals surface area contributed by atoms with Crippen molar-refractivity contribution >= 4 is 23.5 Å². The summed E-state index contributed by atoms with van der Waals surface area (Å²) in [7, 11) is 6.16. The predicted molar refractivity (Wildman–Crippen MR) is 54.1 cm³/mol. The van der Waals surface area contributed by atoms with Gasteiger partial charge in [0, 0.05) is 19.1 Å². The Bertz CT molecular complexity index is 138. The predicted octanol–water partition coefficient (Wildman–Crippen LogP) is -4.19. The molecule has 0 amide bonds. The molecule has 1 aliphatic rings. The molecule has 0 bridgehead atoms. The number of hydrogen-bond donors (Lipinski definition) is 2. The fourth-order valence-electron chi connectivity index (χ4n) is 1.26. The van der Waals surface area contributed by atoms with Gasteiger partial charge in [0.05, 0.1) is 6.10 Å². The second-order valence-corrected chi connectivity index (χ2v) is 4.09. The fourth-order valence-corrected chi connectivity index (χ4v) is 1.26. The maximum Gasteiger partial charge on any atom is 0.121 e. The Morgan fingerprint density at radius 3 is 2.36 bits per heavy atom. The molecule has 0 spiro atoms. The molecule has 3 N–H and O–H groups in total. The third-order valence-electron chi connectivity index (χ3n) is 1.71. The summed E-state index contributed by atoms with van der Waals surface area (Å²) in [5, 5.41) is 3.12. The van der Waals surface area contributed by atoms with Crippen LogP contribution in [-0.2, 0) is 4.74 Å². The van der Waals surface area contributed by atoms with Gasteiger partial charge >= 0.3 is 0 Å². The Balaban J connectivity index is 2.37. The van der Waals surface area contributed by atoms with Crippen LogP contribution in [0.2, 0.25) is 0 Å². The van der Waals surface area contributed by atoms with E-state index >= 15 is 0 Å². The summed E-state index contributed by atoms with van der Waals surface area (Å²) in [6, 6.07) is 0.161. The molecule has 0 saturated carbocycles. The largest absolute Gasteiger partial charge is 0.395 e. The van der Waals surface area contributed by atoms with Gasteiger partial charge in [0.1, 0.15) is 23.5 Å². The molecule has 0 aromatic rings. The zero-order chi connectivity index (χ0) is 8.48. The van der Waals surface area contributed by atoms with Crippen LogP contribution in [0.5, 0.6) is 0 Å². The third kappa shape index (κ3) is 2.89. The zero-order valence-corrected chi connectivity index (χ0v) is 7.55. The Morgan fingerprint density at radius 2 is 2.00 bits per heavy atom. The van der Waals surface area contributed by atoms with Gasteiger partial charge in [-0.1, -0.05) is 0 Å². The minimum atomic E-state index is -0.0751. The van der Waals surface area contributed by atoms with Gasteiger partial charge in [0.15, 0.2) is 0 Å². The van der Waals surface area contributed by atoms with Gasteiger partial charge in [-0.15, -0.1) is 0 Å². The Labute approximate surface area is 70.7 Å². The van der Waals surface area contributed by atoms with E-state index in [9.17, 15) is 0 Å². The third-order valence-corrected chi connectivity index (χ3v) is 1.71. The van der Waals surface area contributed by atoms with E-state index in [0.717, 1.165) is 13.1 Å². The molecule has 0 aliphatic carbocycles. The van der Waals surface area contributed by atoms with Crippen LogP contribution in [0.3, 0.4) is 0 Å². The number of hydrogen-bond acceptors (Lipinski definition) is 3. The molecule has 0 radical (unpaired) electrons. The first-order valence-corrected chi connectivity index (χ1v) is 4.13. The molecule has 3 nitrogen and oxygen atoms in total. The summed E-state index contributed by atoms with van der Waals surface area (Å²) in [6.45, 7) is 1.76. The van der Waals surface area contributed by atoms with Crippen LogP contribution in [0, 0.1) is 0 Å². The molecule has 1 heterocycles. The second-order valence-electron chi connectivity index (χ2n) is 4.09. The zero-order valence-electron chi connectivity index (χ0n) is 7.55. The lowest BCUT2D eigenvalue weighted by Gasteiger charge is -2.27. The van der Waals surface area contributed by atoms with Gasteiger partial charge in [-0.2, -0.15) is 0 Å². The molecule has 2 unspecified atom stereocenters. The van der Waals surface area contributed by atoms with E-state index in [1.165, 1.54) is 0 Å². The van der Waals surface area contributed by atoms with Crippen LogP contribution in [-0.4, -0.2) is 54.1 Å². The summed E-state index contributed by atoms with van der Waals surface area (Å²) in [6.07, 6.45) is 0.190. The standard InChI is InChI=1S/C5H15B3N2O/c6-5(7,8)11-4-2-10-1-3(4)9/h3-4,10H,1-2,6-9H2. The van der Waals surface area contributed by atoms with Crippen LogP contribution in [0.1, 0.15) is 0 Å². The molecule has 0 aromatic carbocycles. The average Bonchev–Trinajstić information content (AvgIpc) is 2.12. The highest BCUT2D eigenvalue weighted by molar-refractivity contribution is 6.58. The number of rotatable bonds is 2. The van der Waals surface area contributed by atoms with Gasteiger partial charge in [0.2, 0.25) is 0 Å². The average molecular weight is 152 g/mol. The molecular formula is C5H15B3N2O. The highest BCUT2D eigenvalue weighted by Gasteiger charge is 2.28. The maximum absolute atomic E-state index is 5.80. The molecule has 1 saturated heterocycles. The second kappa shape index (κ2) is 3.21. The van der Waals surface area contributed by atoms with Crippen molar-refractivity contribution in [2.75, 3.05) is 13.1 Å². The fraction of sp³-hybridized carbons (Fsp3) is 1.00. The first-order chi connectivity index (χ1) is 4.99. The van der Waals surface area contributed by atoms with E-state index in [0.29, 0.717) is 0 Å².